The molecule has 19 heavy (non-hydrogen) atoms. The molecular formula is C12H25N3O3S. The fourth-order valence-electron chi connectivity index (χ4n) is 2.76. The molecule has 2 aliphatic heterocycles. The third-order valence-corrected chi connectivity index (χ3v) is 5.79. The Labute approximate surface area is 116 Å². The van der Waals surface area contributed by atoms with Gasteiger partial charge in [-0.1, -0.05) is 6.92 Å². The van der Waals surface area contributed by atoms with E-state index in [4.69, 9.17) is 4.74 Å². The Morgan fingerprint density at radius 2 is 1.53 bits per heavy atom. The minimum Gasteiger partial charge on any atom is -0.373 e. The third kappa shape index (κ3) is 3.46. The summed E-state index contributed by atoms with van der Waals surface area (Å²) in [7, 11) is -3.32. The fourth-order valence-corrected chi connectivity index (χ4v) is 4.51. The van der Waals surface area contributed by atoms with E-state index in [9.17, 15) is 8.42 Å². The van der Waals surface area contributed by atoms with Crippen molar-refractivity contribution in [1.29, 1.82) is 0 Å². The molecule has 0 aromatic heterocycles. The summed E-state index contributed by atoms with van der Waals surface area (Å²) in [6.07, 6.45) is -0.0640. The van der Waals surface area contributed by atoms with E-state index in [0.717, 1.165) is 19.6 Å². The van der Waals surface area contributed by atoms with E-state index in [1.165, 1.54) is 0 Å². The molecule has 2 fully saturated rings. The van der Waals surface area contributed by atoms with Crippen molar-refractivity contribution in [3.05, 3.63) is 0 Å². The lowest BCUT2D eigenvalue weighted by atomic mass is 10.3. The summed E-state index contributed by atoms with van der Waals surface area (Å²) in [5.41, 5.74) is 0. The van der Waals surface area contributed by atoms with E-state index < -0.39 is 10.2 Å². The molecule has 7 heteroatoms. The Balaban J connectivity index is 2.02. The number of morpholine rings is 1. The van der Waals surface area contributed by atoms with Crippen LogP contribution in [0.4, 0.5) is 0 Å². The van der Waals surface area contributed by atoms with Gasteiger partial charge in [0.15, 0.2) is 0 Å². The van der Waals surface area contributed by atoms with Crippen LogP contribution in [0.5, 0.6) is 0 Å². The average Bonchev–Trinajstić information content (AvgIpc) is 2.37. The lowest BCUT2D eigenvalue weighted by molar-refractivity contribution is -0.0457. The maximum atomic E-state index is 12.6. The molecular weight excluding hydrogens is 266 g/mol. The monoisotopic (exact) mass is 291 g/mol. The molecule has 0 amide bonds. The molecule has 0 aliphatic carbocycles. The Bertz CT molecular complexity index is 383. The van der Waals surface area contributed by atoms with Crippen LogP contribution >= 0.6 is 0 Å². The van der Waals surface area contributed by atoms with Gasteiger partial charge in [-0.25, -0.2) is 0 Å². The lowest BCUT2D eigenvalue weighted by Crippen LogP contribution is -2.57. The van der Waals surface area contributed by atoms with E-state index in [0.29, 0.717) is 26.2 Å². The molecule has 2 heterocycles. The molecule has 2 rings (SSSR count). The summed E-state index contributed by atoms with van der Waals surface area (Å²) in [5, 5.41) is 0. The molecule has 0 N–H and O–H groups in total. The second-order valence-corrected chi connectivity index (χ2v) is 7.34. The first-order valence-electron chi connectivity index (χ1n) is 7.06. The van der Waals surface area contributed by atoms with Crippen LogP contribution in [0, 0.1) is 0 Å². The van der Waals surface area contributed by atoms with Gasteiger partial charge in [-0.3, -0.25) is 0 Å². The Kier molecular flexibility index (Phi) is 4.84. The van der Waals surface area contributed by atoms with Crippen LogP contribution < -0.4 is 0 Å². The van der Waals surface area contributed by atoms with Crippen LogP contribution in [-0.2, 0) is 14.9 Å². The summed E-state index contributed by atoms with van der Waals surface area (Å²) in [5.74, 6) is 0. The highest BCUT2D eigenvalue weighted by atomic mass is 32.2. The van der Waals surface area contributed by atoms with Crippen molar-refractivity contribution in [2.45, 2.75) is 33.0 Å². The minimum atomic E-state index is -3.32. The number of nitrogens with zero attached hydrogens (tertiary/aromatic N) is 3. The van der Waals surface area contributed by atoms with Crippen LogP contribution in [0.2, 0.25) is 0 Å². The van der Waals surface area contributed by atoms with Gasteiger partial charge >= 0.3 is 0 Å². The first-order chi connectivity index (χ1) is 8.93. The second kappa shape index (κ2) is 6.05. The van der Waals surface area contributed by atoms with Gasteiger partial charge in [0, 0.05) is 39.3 Å². The zero-order valence-corrected chi connectivity index (χ0v) is 12.9. The molecule has 0 spiro atoms. The maximum Gasteiger partial charge on any atom is 0.282 e. The van der Waals surface area contributed by atoms with E-state index in [-0.39, 0.29) is 12.2 Å². The standard InChI is InChI=1S/C12H25N3O3S/c1-4-13-5-7-14(8-6-13)19(16,17)15-9-11(2)18-12(3)10-15/h11-12H,4-10H2,1-3H3. The van der Waals surface area contributed by atoms with Crippen LogP contribution in [0.3, 0.4) is 0 Å². The number of likely N-dealkylation sites (N-methyl/N-ethyl adjacent to an activating group) is 1. The fraction of sp³-hybridized carbons (Fsp3) is 1.00. The Morgan fingerprint density at radius 1 is 1.00 bits per heavy atom. The van der Waals surface area contributed by atoms with E-state index >= 15 is 0 Å². The second-order valence-electron chi connectivity index (χ2n) is 5.42. The van der Waals surface area contributed by atoms with Crippen LogP contribution in [0.15, 0.2) is 0 Å². The maximum absolute atomic E-state index is 12.6. The smallest absolute Gasteiger partial charge is 0.282 e. The normalized spacial score (nSPS) is 32.6. The first kappa shape index (κ1) is 15.2. The minimum absolute atomic E-state index is 0.0320. The van der Waals surface area contributed by atoms with Gasteiger partial charge in [0.05, 0.1) is 12.2 Å². The summed E-state index contributed by atoms with van der Waals surface area (Å²) in [6, 6.07) is 0. The van der Waals surface area contributed by atoms with Gasteiger partial charge in [0.25, 0.3) is 10.2 Å². The van der Waals surface area contributed by atoms with E-state index in [2.05, 4.69) is 11.8 Å². The predicted molar refractivity (Wildman–Crippen MR) is 74.2 cm³/mol. The molecule has 0 saturated carbocycles. The number of rotatable bonds is 3. The van der Waals surface area contributed by atoms with Gasteiger partial charge in [-0.2, -0.15) is 17.0 Å². The highest BCUT2D eigenvalue weighted by molar-refractivity contribution is 7.86. The zero-order valence-electron chi connectivity index (χ0n) is 12.1. The highest BCUT2D eigenvalue weighted by Crippen LogP contribution is 2.18. The number of hydrogen-bond donors (Lipinski definition) is 0. The van der Waals surface area contributed by atoms with Gasteiger partial charge < -0.3 is 9.64 Å². The van der Waals surface area contributed by atoms with Gasteiger partial charge in [0.1, 0.15) is 0 Å². The largest absolute Gasteiger partial charge is 0.373 e. The summed E-state index contributed by atoms with van der Waals surface area (Å²) in [6.45, 7) is 10.7. The number of ether oxygens (including phenoxy) is 1. The van der Waals surface area contributed by atoms with Crippen molar-refractivity contribution in [2.75, 3.05) is 45.8 Å². The summed E-state index contributed by atoms with van der Waals surface area (Å²) >= 11 is 0. The molecule has 6 nitrogen and oxygen atoms in total. The summed E-state index contributed by atoms with van der Waals surface area (Å²) < 4.78 is 34.0. The SMILES string of the molecule is CCN1CCN(S(=O)(=O)N2CC(C)OC(C)C2)CC1. The molecule has 0 radical (unpaired) electrons. The van der Waals surface area contributed by atoms with Gasteiger partial charge in [-0.15, -0.1) is 0 Å². The highest BCUT2D eigenvalue weighted by Gasteiger charge is 2.36. The predicted octanol–water partition coefficient (Wildman–Crippen LogP) is -0.0221. The van der Waals surface area contributed by atoms with E-state index in [1.54, 1.807) is 8.61 Å². The first-order valence-corrected chi connectivity index (χ1v) is 8.46. The topological polar surface area (TPSA) is 53.1 Å². The van der Waals surface area contributed by atoms with Gasteiger partial charge in [-0.05, 0) is 20.4 Å². The Morgan fingerprint density at radius 3 is 2.00 bits per heavy atom. The third-order valence-electron chi connectivity index (χ3n) is 3.82. The van der Waals surface area contributed by atoms with Crippen molar-refractivity contribution in [1.82, 2.24) is 13.5 Å². The molecule has 2 unspecified atom stereocenters. The summed E-state index contributed by atoms with van der Waals surface area (Å²) in [4.78, 5) is 2.27. The molecule has 112 valence electrons. The van der Waals surface area contributed by atoms with Crippen molar-refractivity contribution < 1.29 is 13.2 Å². The molecule has 0 aromatic rings. The molecule has 0 bridgehead atoms. The molecule has 2 atom stereocenters. The molecule has 2 saturated heterocycles. The molecule has 2 aliphatic rings. The van der Waals surface area contributed by atoms with Crippen molar-refractivity contribution >= 4 is 10.2 Å². The quantitative estimate of drug-likeness (QED) is 0.733. The lowest BCUT2D eigenvalue weighted by Gasteiger charge is -2.40. The number of piperazine rings is 1. The van der Waals surface area contributed by atoms with Gasteiger partial charge in [0.2, 0.25) is 0 Å². The van der Waals surface area contributed by atoms with Crippen LogP contribution in [0.25, 0.3) is 0 Å². The Hall–Kier alpha value is -0.210. The van der Waals surface area contributed by atoms with Crippen molar-refractivity contribution in [3.63, 3.8) is 0 Å². The average molecular weight is 291 g/mol. The number of hydrogen-bond acceptors (Lipinski definition) is 4. The zero-order chi connectivity index (χ0) is 14.0. The van der Waals surface area contributed by atoms with E-state index in [1.807, 2.05) is 13.8 Å². The van der Waals surface area contributed by atoms with Crippen molar-refractivity contribution in [2.24, 2.45) is 0 Å². The van der Waals surface area contributed by atoms with Crippen LogP contribution in [-0.4, -0.2) is 79.9 Å². The van der Waals surface area contributed by atoms with Crippen LogP contribution in [0.1, 0.15) is 20.8 Å². The van der Waals surface area contributed by atoms with Crippen molar-refractivity contribution in [3.8, 4) is 0 Å². The molecule has 0 aromatic carbocycles.